The number of hydrogen-bond acceptors (Lipinski definition) is 6. The monoisotopic (exact) mass is 437 g/mol. The minimum Gasteiger partial charge on any atom is -0.495 e. The van der Waals surface area contributed by atoms with Gasteiger partial charge in [-0.3, -0.25) is 4.79 Å². The van der Waals surface area contributed by atoms with Gasteiger partial charge < -0.3 is 14.5 Å². The van der Waals surface area contributed by atoms with Gasteiger partial charge in [0.15, 0.2) is 0 Å². The lowest BCUT2D eigenvalue weighted by Gasteiger charge is -2.23. The molecule has 4 rings (SSSR count). The Morgan fingerprint density at radius 1 is 1.03 bits per heavy atom. The molecule has 0 bridgehead atoms. The topological polar surface area (TPSA) is 82.4 Å². The van der Waals surface area contributed by atoms with Crippen LogP contribution in [0.1, 0.15) is 33.6 Å². The molecule has 1 aliphatic heterocycles. The highest BCUT2D eigenvalue weighted by molar-refractivity contribution is 5.95. The predicted octanol–water partition coefficient (Wildman–Crippen LogP) is 3.11. The summed E-state index contributed by atoms with van der Waals surface area (Å²) < 4.78 is 5.43. The summed E-state index contributed by atoms with van der Waals surface area (Å²) in [6.45, 7) is 2.72. The van der Waals surface area contributed by atoms with Crippen LogP contribution in [0.2, 0.25) is 0 Å². The summed E-state index contributed by atoms with van der Waals surface area (Å²) in [5, 5.41) is 8.96. The molecular formula is C26H23N5O2. The molecule has 3 heterocycles. The fourth-order valence-corrected chi connectivity index (χ4v) is 3.68. The Morgan fingerprint density at radius 2 is 1.94 bits per heavy atom. The first kappa shape index (κ1) is 21.9. The second kappa shape index (κ2) is 10.3. The normalized spacial score (nSPS) is 13.3. The minimum absolute atomic E-state index is 0.0341. The Kier molecular flexibility index (Phi) is 6.82. The number of methoxy groups -OCH3 is 1. The van der Waals surface area contributed by atoms with Crippen molar-refractivity contribution >= 4 is 11.7 Å². The summed E-state index contributed by atoms with van der Waals surface area (Å²) in [5.41, 5.74) is 2.41. The molecule has 7 nitrogen and oxygen atoms in total. The van der Waals surface area contributed by atoms with Crippen LogP contribution in [0.25, 0.3) is 0 Å². The first-order valence-electron chi connectivity index (χ1n) is 10.7. The van der Waals surface area contributed by atoms with Gasteiger partial charge in [-0.05, 0) is 54.8 Å². The Morgan fingerprint density at radius 3 is 2.67 bits per heavy atom. The highest BCUT2D eigenvalue weighted by Gasteiger charge is 2.21. The lowest BCUT2D eigenvalue weighted by molar-refractivity contribution is 0.0767. The van der Waals surface area contributed by atoms with E-state index in [1.165, 1.54) is 0 Å². The van der Waals surface area contributed by atoms with Crippen molar-refractivity contribution in [2.24, 2.45) is 0 Å². The molecule has 1 aromatic carbocycles. The fourth-order valence-electron chi connectivity index (χ4n) is 3.68. The molecule has 0 aliphatic carbocycles. The number of pyridine rings is 2. The summed E-state index contributed by atoms with van der Waals surface area (Å²) in [5.74, 6) is 7.50. The smallest absolute Gasteiger partial charge is 0.253 e. The minimum atomic E-state index is -0.0341. The van der Waals surface area contributed by atoms with Crippen molar-refractivity contribution in [3.05, 3.63) is 83.3 Å². The van der Waals surface area contributed by atoms with E-state index in [-0.39, 0.29) is 5.91 Å². The molecule has 0 unspecified atom stereocenters. The van der Waals surface area contributed by atoms with Gasteiger partial charge in [-0.15, -0.1) is 0 Å². The summed E-state index contributed by atoms with van der Waals surface area (Å²) in [6.07, 6.45) is 4.10. The van der Waals surface area contributed by atoms with Crippen molar-refractivity contribution in [2.45, 2.75) is 6.42 Å². The lowest BCUT2D eigenvalue weighted by atomic mass is 10.1. The van der Waals surface area contributed by atoms with Crippen LogP contribution in [0, 0.1) is 23.2 Å². The molecule has 0 saturated carbocycles. The number of nitrogens with zero attached hydrogens (tertiary/aromatic N) is 5. The van der Waals surface area contributed by atoms with Crippen LogP contribution in [0.5, 0.6) is 5.75 Å². The molecule has 1 fully saturated rings. The number of carbonyl (C=O) groups excluding carboxylic acids is 1. The number of nitriles is 1. The molecule has 0 spiro atoms. The zero-order valence-corrected chi connectivity index (χ0v) is 18.4. The SMILES string of the molecule is COc1ccc(C(=O)N2CCCN(c3ccc(C#N)cn3)CC2)cc1C#Cc1ccccn1. The van der Waals surface area contributed by atoms with Crippen molar-refractivity contribution in [3.8, 4) is 23.7 Å². The Balaban J connectivity index is 1.49. The summed E-state index contributed by atoms with van der Waals surface area (Å²) in [4.78, 5) is 25.9. The third-order valence-corrected chi connectivity index (χ3v) is 5.42. The quantitative estimate of drug-likeness (QED) is 0.586. The maximum atomic E-state index is 13.3. The maximum absolute atomic E-state index is 13.3. The molecule has 1 saturated heterocycles. The van der Waals surface area contributed by atoms with Gasteiger partial charge in [0.05, 0.1) is 18.2 Å². The molecule has 3 aromatic rings. The number of carbonyl (C=O) groups is 1. The first-order chi connectivity index (χ1) is 16.2. The average Bonchev–Trinajstić information content (AvgIpc) is 3.14. The second-order valence-corrected chi connectivity index (χ2v) is 7.53. The molecule has 7 heteroatoms. The number of anilines is 1. The van der Waals surface area contributed by atoms with Crippen molar-refractivity contribution in [3.63, 3.8) is 0 Å². The van der Waals surface area contributed by atoms with Gasteiger partial charge in [-0.25, -0.2) is 9.97 Å². The van der Waals surface area contributed by atoms with E-state index >= 15 is 0 Å². The van der Waals surface area contributed by atoms with Crippen LogP contribution >= 0.6 is 0 Å². The Labute approximate surface area is 193 Å². The van der Waals surface area contributed by atoms with Crippen molar-refractivity contribution in [1.82, 2.24) is 14.9 Å². The molecule has 164 valence electrons. The predicted molar refractivity (Wildman–Crippen MR) is 125 cm³/mol. The molecule has 1 aliphatic rings. The lowest BCUT2D eigenvalue weighted by Crippen LogP contribution is -2.35. The van der Waals surface area contributed by atoms with E-state index in [1.54, 1.807) is 43.8 Å². The fraction of sp³-hybridized carbons (Fsp3) is 0.231. The van der Waals surface area contributed by atoms with Gasteiger partial charge in [0.25, 0.3) is 5.91 Å². The highest BCUT2D eigenvalue weighted by atomic mass is 16.5. The summed E-state index contributed by atoms with van der Waals surface area (Å²) >= 11 is 0. The van der Waals surface area contributed by atoms with Crippen LogP contribution in [-0.2, 0) is 0 Å². The van der Waals surface area contributed by atoms with Crippen molar-refractivity contribution in [1.29, 1.82) is 5.26 Å². The molecule has 33 heavy (non-hydrogen) atoms. The van der Waals surface area contributed by atoms with Crippen LogP contribution < -0.4 is 9.64 Å². The molecular weight excluding hydrogens is 414 g/mol. The highest BCUT2D eigenvalue weighted by Crippen LogP contribution is 2.21. The van der Waals surface area contributed by atoms with Crippen LogP contribution in [0.3, 0.4) is 0 Å². The zero-order chi connectivity index (χ0) is 23.0. The van der Waals surface area contributed by atoms with Crippen LogP contribution in [0.15, 0.2) is 60.9 Å². The van der Waals surface area contributed by atoms with Gasteiger partial charge in [-0.2, -0.15) is 5.26 Å². The number of aromatic nitrogens is 2. The van der Waals surface area contributed by atoms with Crippen LogP contribution in [-0.4, -0.2) is 54.1 Å². The standard InChI is InChI=1S/C26H23N5O2/c1-33-24-10-8-22(17-21(24)7-9-23-5-2-3-12-28-23)26(32)31-14-4-13-30(15-16-31)25-11-6-20(18-27)19-29-25/h2-3,5-6,8,10-12,17,19H,4,13-16H2,1H3. The number of hydrogen-bond donors (Lipinski definition) is 0. The van der Waals surface area contributed by atoms with E-state index in [0.717, 1.165) is 18.8 Å². The molecule has 1 amide bonds. The number of amides is 1. The van der Waals surface area contributed by atoms with Crippen molar-refractivity contribution < 1.29 is 9.53 Å². The first-order valence-corrected chi connectivity index (χ1v) is 10.7. The third kappa shape index (κ3) is 5.28. The van der Waals surface area contributed by atoms with E-state index in [0.29, 0.717) is 47.8 Å². The van der Waals surface area contributed by atoms with E-state index < -0.39 is 0 Å². The largest absolute Gasteiger partial charge is 0.495 e. The zero-order valence-electron chi connectivity index (χ0n) is 18.4. The van der Waals surface area contributed by atoms with Crippen LogP contribution in [0.4, 0.5) is 5.82 Å². The van der Waals surface area contributed by atoms with Gasteiger partial charge in [-0.1, -0.05) is 12.0 Å². The van der Waals surface area contributed by atoms with Gasteiger partial charge in [0.2, 0.25) is 0 Å². The number of rotatable bonds is 3. The van der Waals surface area contributed by atoms with Gasteiger partial charge >= 0.3 is 0 Å². The Bertz CT molecular complexity index is 1220. The maximum Gasteiger partial charge on any atom is 0.253 e. The van der Waals surface area contributed by atoms with Crippen molar-refractivity contribution in [2.75, 3.05) is 38.2 Å². The van der Waals surface area contributed by atoms with E-state index in [4.69, 9.17) is 10.00 Å². The molecule has 2 aromatic heterocycles. The summed E-state index contributed by atoms with van der Waals surface area (Å²) in [6, 6.07) is 16.6. The van der Waals surface area contributed by atoms with Gasteiger partial charge in [0, 0.05) is 44.1 Å². The van der Waals surface area contributed by atoms with E-state index in [2.05, 4.69) is 32.8 Å². The third-order valence-electron chi connectivity index (χ3n) is 5.42. The van der Waals surface area contributed by atoms with Gasteiger partial charge in [0.1, 0.15) is 23.3 Å². The number of benzene rings is 1. The average molecular weight is 438 g/mol. The van der Waals surface area contributed by atoms with E-state index in [1.807, 2.05) is 29.2 Å². The summed E-state index contributed by atoms with van der Waals surface area (Å²) in [7, 11) is 1.59. The molecule has 0 atom stereocenters. The molecule has 0 N–H and O–H groups in total. The molecule has 0 radical (unpaired) electrons. The van der Waals surface area contributed by atoms with E-state index in [9.17, 15) is 4.79 Å². The second-order valence-electron chi connectivity index (χ2n) is 7.53. The number of ether oxygens (including phenoxy) is 1. The Hall–Kier alpha value is -4.36.